The summed E-state index contributed by atoms with van der Waals surface area (Å²) in [6.45, 7) is 8.33. The number of hydrogen-bond donors (Lipinski definition) is 1. The van der Waals surface area contributed by atoms with Crippen LogP contribution in [-0.4, -0.2) is 84.5 Å². The smallest absolute Gasteiger partial charge is 0.193 e. The van der Waals surface area contributed by atoms with Crippen LogP contribution in [0.15, 0.2) is 29.5 Å². The maximum atomic E-state index is 5.52. The van der Waals surface area contributed by atoms with E-state index in [9.17, 15) is 0 Å². The van der Waals surface area contributed by atoms with Crippen molar-refractivity contribution in [3.05, 3.63) is 35.9 Å². The van der Waals surface area contributed by atoms with Gasteiger partial charge in [0.1, 0.15) is 23.7 Å². The molecule has 1 N–H and O–H groups in total. The highest BCUT2D eigenvalue weighted by Crippen LogP contribution is 2.25. The van der Waals surface area contributed by atoms with E-state index in [2.05, 4.69) is 47.9 Å². The molecule has 9 nitrogen and oxygen atoms in total. The van der Waals surface area contributed by atoms with Gasteiger partial charge in [0.15, 0.2) is 5.96 Å². The number of halogens is 1. The van der Waals surface area contributed by atoms with Gasteiger partial charge in [0.05, 0.1) is 14.2 Å². The van der Waals surface area contributed by atoms with Crippen molar-refractivity contribution in [1.82, 2.24) is 29.9 Å². The molecule has 2 aromatic rings. The van der Waals surface area contributed by atoms with E-state index in [1.54, 1.807) is 20.5 Å². The lowest BCUT2D eigenvalue weighted by atomic mass is 10.1. The minimum atomic E-state index is 0. The first-order valence-corrected chi connectivity index (χ1v) is 10.4. The summed E-state index contributed by atoms with van der Waals surface area (Å²) in [4.78, 5) is 9.22. The van der Waals surface area contributed by atoms with Crippen LogP contribution in [0.1, 0.15) is 18.3 Å². The van der Waals surface area contributed by atoms with E-state index >= 15 is 0 Å². The summed E-state index contributed by atoms with van der Waals surface area (Å²) < 4.78 is 13.0. The first kappa shape index (κ1) is 25.2. The predicted octanol–water partition coefficient (Wildman–Crippen LogP) is 1.87. The highest BCUT2D eigenvalue weighted by Gasteiger charge is 2.20. The van der Waals surface area contributed by atoms with Crippen LogP contribution in [0.2, 0.25) is 0 Å². The number of aryl methyl sites for hydroxylation is 1. The Morgan fingerprint density at radius 1 is 1.16 bits per heavy atom. The van der Waals surface area contributed by atoms with E-state index in [0.717, 1.165) is 81.1 Å². The largest absolute Gasteiger partial charge is 0.497 e. The van der Waals surface area contributed by atoms with Crippen LogP contribution >= 0.6 is 24.0 Å². The van der Waals surface area contributed by atoms with Gasteiger partial charge in [-0.2, -0.15) is 0 Å². The molecule has 0 radical (unpaired) electrons. The van der Waals surface area contributed by atoms with Crippen molar-refractivity contribution in [1.29, 1.82) is 0 Å². The SMILES string of the molecule is CCc1nncn1CCNC(=NC)N1CCN(Cc2cc(OC)ccc2OC)CC1.I. The van der Waals surface area contributed by atoms with Gasteiger partial charge >= 0.3 is 0 Å². The molecule has 1 saturated heterocycles. The molecule has 31 heavy (non-hydrogen) atoms. The second-order valence-electron chi connectivity index (χ2n) is 7.21. The second-order valence-corrected chi connectivity index (χ2v) is 7.21. The van der Waals surface area contributed by atoms with Crippen LogP contribution in [0.25, 0.3) is 0 Å². The van der Waals surface area contributed by atoms with Crippen LogP contribution in [-0.2, 0) is 19.5 Å². The summed E-state index contributed by atoms with van der Waals surface area (Å²) in [5, 5.41) is 11.6. The summed E-state index contributed by atoms with van der Waals surface area (Å²) in [5.41, 5.74) is 1.15. The molecule has 0 atom stereocenters. The minimum absolute atomic E-state index is 0. The van der Waals surface area contributed by atoms with Gasteiger partial charge in [-0.1, -0.05) is 6.92 Å². The number of guanidine groups is 1. The number of aliphatic imine (C=N–C) groups is 1. The van der Waals surface area contributed by atoms with Gasteiger partial charge in [-0.3, -0.25) is 9.89 Å². The highest BCUT2D eigenvalue weighted by atomic mass is 127. The zero-order valence-corrected chi connectivity index (χ0v) is 21.2. The average molecular weight is 543 g/mol. The first-order chi connectivity index (χ1) is 14.7. The Balaban J connectivity index is 0.00000341. The van der Waals surface area contributed by atoms with Crippen LogP contribution in [0, 0.1) is 0 Å². The third-order valence-electron chi connectivity index (χ3n) is 5.41. The molecule has 10 heteroatoms. The van der Waals surface area contributed by atoms with E-state index in [-0.39, 0.29) is 24.0 Å². The van der Waals surface area contributed by atoms with Gasteiger partial charge in [-0.25, -0.2) is 0 Å². The van der Waals surface area contributed by atoms with Crippen molar-refractivity contribution in [3.63, 3.8) is 0 Å². The number of nitrogens with zero attached hydrogens (tertiary/aromatic N) is 6. The van der Waals surface area contributed by atoms with E-state index < -0.39 is 0 Å². The molecule has 1 fully saturated rings. The lowest BCUT2D eigenvalue weighted by molar-refractivity contribution is 0.171. The van der Waals surface area contributed by atoms with Crippen LogP contribution in [0.3, 0.4) is 0 Å². The minimum Gasteiger partial charge on any atom is -0.497 e. The highest BCUT2D eigenvalue weighted by molar-refractivity contribution is 14.0. The Morgan fingerprint density at radius 2 is 1.94 bits per heavy atom. The molecule has 0 unspecified atom stereocenters. The third kappa shape index (κ3) is 6.70. The topological polar surface area (TPSA) is 80.0 Å². The number of rotatable bonds is 8. The van der Waals surface area contributed by atoms with E-state index in [1.165, 1.54) is 0 Å². The Kier molecular flexibility index (Phi) is 10.3. The number of methoxy groups -OCH3 is 2. The van der Waals surface area contributed by atoms with Gasteiger partial charge < -0.3 is 24.3 Å². The molecule has 0 saturated carbocycles. The Morgan fingerprint density at radius 3 is 2.58 bits per heavy atom. The standard InChI is InChI=1S/C21H33N7O2.HI/c1-5-20-25-24-16-28(20)9-8-23-21(22-2)27-12-10-26(11-13-27)15-17-14-18(29-3)6-7-19(17)30-4;/h6-7,14,16H,5,8-13,15H2,1-4H3,(H,22,23);1H. The zero-order chi connectivity index (χ0) is 21.3. The van der Waals surface area contributed by atoms with Gasteiger partial charge in [-0.15, -0.1) is 34.2 Å². The molecular weight excluding hydrogens is 509 g/mol. The number of piperazine rings is 1. The molecule has 2 heterocycles. The number of aromatic nitrogens is 3. The van der Waals surface area contributed by atoms with Crippen LogP contribution < -0.4 is 14.8 Å². The van der Waals surface area contributed by atoms with E-state index in [0.29, 0.717) is 0 Å². The fraction of sp³-hybridized carbons (Fsp3) is 0.571. The molecule has 0 bridgehead atoms. The summed E-state index contributed by atoms with van der Waals surface area (Å²) in [6, 6.07) is 5.95. The van der Waals surface area contributed by atoms with Gasteiger partial charge in [0.2, 0.25) is 0 Å². The Bertz CT molecular complexity index is 835. The molecule has 0 aliphatic carbocycles. The van der Waals surface area contributed by atoms with Crippen molar-refractivity contribution in [3.8, 4) is 11.5 Å². The molecule has 3 rings (SSSR count). The summed E-state index contributed by atoms with van der Waals surface area (Å²) >= 11 is 0. The fourth-order valence-electron chi connectivity index (χ4n) is 3.72. The fourth-order valence-corrected chi connectivity index (χ4v) is 3.72. The van der Waals surface area contributed by atoms with Gasteiger partial charge in [-0.05, 0) is 18.2 Å². The van der Waals surface area contributed by atoms with Crippen molar-refractivity contribution >= 4 is 29.9 Å². The molecule has 1 aliphatic heterocycles. The van der Waals surface area contributed by atoms with Gasteiger partial charge in [0, 0.05) is 64.8 Å². The molecule has 172 valence electrons. The van der Waals surface area contributed by atoms with E-state index in [1.807, 2.05) is 19.2 Å². The quantitative estimate of drug-likeness (QED) is 0.310. The van der Waals surface area contributed by atoms with Crippen LogP contribution in [0.5, 0.6) is 11.5 Å². The molecular formula is C21H34IN7O2. The first-order valence-electron chi connectivity index (χ1n) is 10.4. The number of benzene rings is 1. The maximum absolute atomic E-state index is 5.52. The Labute approximate surface area is 201 Å². The van der Waals surface area contributed by atoms with Crippen LogP contribution in [0.4, 0.5) is 0 Å². The second kappa shape index (κ2) is 12.7. The monoisotopic (exact) mass is 543 g/mol. The normalized spacial score (nSPS) is 14.8. The summed E-state index contributed by atoms with van der Waals surface area (Å²) in [5.74, 6) is 3.71. The summed E-state index contributed by atoms with van der Waals surface area (Å²) in [7, 11) is 5.24. The molecule has 1 aromatic heterocycles. The molecule has 0 amide bonds. The predicted molar refractivity (Wildman–Crippen MR) is 133 cm³/mol. The molecule has 1 aliphatic rings. The summed E-state index contributed by atoms with van der Waals surface area (Å²) in [6.07, 6.45) is 2.67. The number of ether oxygens (including phenoxy) is 2. The molecule has 0 spiro atoms. The van der Waals surface area contributed by atoms with Crippen molar-refractivity contribution < 1.29 is 9.47 Å². The number of hydrogen-bond acceptors (Lipinski definition) is 6. The third-order valence-corrected chi connectivity index (χ3v) is 5.41. The van der Waals surface area contributed by atoms with Crippen molar-refractivity contribution in [2.75, 3.05) is 54.0 Å². The number of nitrogens with one attached hydrogen (secondary N) is 1. The van der Waals surface area contributed by atoms with Gasteiger partial charge in [0.25, 0.3) is 0 Å². The Hall–Kier alpha value is -2.08. The molecule has 1 aromatic carbocycles. The zero-order valence-electron chi connectivity index (χ0n) is 18.9. The average Bonchev–Trinajstić information content (AvgIpc) is 3.25. The van der Waals surface area contributed by atoms with Crippen molar-refractivity contribution in [2.45, 2.75) is 26.4 Å². The van der Waals surface area contributed by atoms with E-state index in [4.69, 9.17) is 9.47 Å². The maximum Gasteiger partial charge on any atom is 0.193 e. The van der Waals surface area contributed by atoms with Crippen molar-refractivity contribution in [2.24, 2.45) is 4.99 Å². The lowest BCUT2D eigenvalue weighted by Crippen LogP contribution is -2.52. The lowest BCUT2D eigenvalue weighted by Gasteiger charge is -2.36.